The molecule has 0 radical (unpaired) electrons. The second-order valence-corrected chi connectivity index (χ2v) is 9.32. The minimum Gasteiger partial charge on any atom is -0.493 e. The van der Waals surface area contributed by atoms with Gasteiger partial charge in [-0.3, -0.25) is 9.10 Å². The summed E-state index contributed by atoms with van der Waals surface area (Å²) in [4.78, 5) is 14.2. The molecule has 0 aliphatic rings. The molecule has 0 spiro atoms. The second-order valence-electron chi connectivity index (χ2n) is 6.42. The molecule has 1 N–H and O–H groups in total. The predicted octanol–water partition coefficient (Wildman–Crippen LogP) is 3.31. The fraction of sp³-hybridized carbons (Fsp3) is 0.350. The van der Waals surface area contributed by atoms with Crippen LogP contribution in [-0.4, -0.2) is 48.1 Å². The molecular weight excluding hydrogens is 412 g/mol. The van der Waals surface area contributed by atoms with E-state index < -0.39 is 15.9 Å². The van der Waals surface area contributed by atoms with Gasteiger partial charge in [-0.2, -0.15) is 0 Å². The number of hydrogen-bond acceptors (Lipinski definition) is 6. The van der Waals surface area contributed by atoms with Gasteiger partial charge in [-0.25, -0.2) is 8.42 Å². The summed E-state index contributed by atoms with van der Waals surface area (Å²) in [5, 5.41) is 2.92. The third kappa shape index (κ3) is 5.36. The fourth-order valence-corrected chi connectivity index (χ4v) is 3.66. The zero-order valence-corrected chi connectivity index (χ0v) is 19.0. The van der Waals surface area contributed by atoms with E-state index in [-0.39, 0.29) is 17.3 Å². The molecule has 9 heteroatoms. The lowest BCUT2D eigenvalue weighted by Crippen LogP contribution is -2.31. The molecule has 1 atom stereocenters. The predicted molar refractivity (Wildman–Crippen MR) is 117 cm³/mol. The number of hydrogen-bond donors (Lipinski definition) is 1. The molecule has 0 bridgehead atoms. The summed E-state index contributed by atoms with van der Waals surface area (Å²) in [6.45, 7) is 1.87. The van der Waals surface area contributed by atoms with Crippen molar-refractivity contribution in [3.05, 3.63) is 47.5 Å². The number of nitrogens with one attached hydrogen (secondary N) is 1. The van der Waals surface area contributed by atoms with Crippen molar-refractivity contribution in [3.8, 4) is 11.5 Å². The van der Waals surface area contributed by atoms with E-state index in [9.17, 15) is 13.2 Å². The van der Waals surface area contributed by atoms with Crippen molar-refractivity contribution in [3.63, 3.8) is 0 Å². The fourth-order valence-electron chi connectivity index (χ4n) is 2.74. The van der Waals surface area contributed by atoms with Gasteiger partial charge in [0.25, 0.3) is 5.91 Å². The summed E-state index contributed by atoms with van der Waals surface area (Å²) in [5.74, 6) is 0.244. The molecule has 0 aromatic heterocycles. The van der Waals surface area contributed by atoms with Gasteiger partial charge in [0, 0.05) is 18.0 Å². The highest BCUT2D eigenvalue weighted by molar-refractivity contribution is 7.98. The molecular formula is C20H26N2O5S2. The zero-order valence-electron chi connectivity index (χ0n) is 17.3. The Bertz CT molecular complexity index is 975. The van der Waals surface area contributed by atoms with Gasteiger partial charge in [0.1, 0.15) is 0 Å². The first-order valence-electron chi connectivity index (χ1n) is 8.77. The van der Waals surface area contributed by atoms with Crippen LogP contribution < -0.4 is 19.1 Å². The Labute approximate surface area is 176 Å². The maximum Gasteiger partial charge on any atom is 0.254 e. The summed E-state index contributed by atoms with van der Waals surface area (Å²) in [6, 6.07) is 10.6. The number of benzene rings is 2. The van der Waals surface area contributed by atoms with Crippen molar-refractivity contribution in [2.45, 2.75) is 17.9 Å². The van der Waals surface area contributed by atoms with Crippen LogP contribution in [0.3, 0.4) is 0 Å². The molecule has 0 heterocycles. The average molecular weight is 439 g/mol. The summed E-state index contributed by atoms with van der Waals surface area (Å²) in [6.07, 6.45) is 3.07. The van der Waals surface area contributed by atoms with Crippen LogP contribution in [0, 0.1) is 0 Å². The van der Waals surface area contributed by atoms with E-state index >= 15 is 0 Å². The van der Waals surface area contributed by atoms with Crippen LogP contribution in [0.5, 0.6) is 11.5 Å². The Morgan fingerprint density at radius 2 is 1.66 bits per heavy atom. The van der Waals surface area contributed by atoms with Crippen molar-refractivity contribution in [1.82, 2.24) is 5.32 Å². The molecule has 0 aliphatic heterocycles. The molecule has 0 fully saturated rings. The van der Waals surface area contributed by atoms with Gasteiger partial charge in [-0.05, 0) is 36.9 Å². The lowest BCUT2D eigenvalue weighted by molar-refractivity contribution is 0.0940. The Balaban J connectivity index is 2.43. The molecule has 0 unspecified atom stereocenters. The number of rotatable bonds is 8. The van der Waals surface area contributed by atoms with Crippen LogP contribution in [0.4, 0.5) is 5.69 Å². The van der Waals surface area contributed by atoms with E-state index in [1.807, 2.05) is 37.4 Å². The monoisotopic (exact) mass is 438 g/mol. The van der Waals surface area contributed by atoms with Crippen molar-refractivity contribution in [1.29, 1.82) is 0 Å². The number of methoxy groups -OCH3 is 2. The Morgan fingerprint density at radius 3 is 2.14 bits per heavy atom. The molecule has 158 valence electrons. The largest absolute Gasteiger partial charge is 0.493 e. The molecule has 29 heavy (non-hydrogen) atoms. The smallest absolute Gasteiger partial charge is 0.254 e. The molecule has 2 aromatic carbocycles. The van der Waals surface area contributed by atoms with Gasteiger partial charge in [0.15, 0.2) is 11.5 Å². The lowest BCUT2D eigenvalue weighted by atomic mass is 10.1. The van der Waals surface area contributed by atoms with E-state index in [1.54, 1.807) is 11.8 Å². The van der Waals surface area contributed by atoms with Crippen LogP contribution in [0.1, 0.15) is 28.9 Å². The van der Waals surface area contributed by atoms with Gasteiger partial charge in [-0.1, -0.05) is 12.1 Å². The Hall–Kier alpha value is -2.39. The van der Waals surface area contributed by atoms with Crippen LogP contribution in [0.15, 0.2) is 41.3 Å². The van der Waals surface area contributed by atoms with Crippen LogP contribution in [-0.2, 0) is 10.0 Å². The number of anilines is 1. The van der Waals surface area contributed by atoms with Crippen LogP contribution >= 0.6 is 11.8 Å². The highest BCUT2D eigenvalue weighted by Crippen LogP contribution is 2.36. The maximum atomic E-state index is 13.0. The van der Waals surface area contributed by atoms with Crippen molar-refractivity contribution >= 4 is 33.4 Å². The average Bonchev–Trinajstić information content (AvgIpc) is 2.71. The maximum absolute atomic E-state index is 13.0. The zero-order chi connectivity index (χ0) is 21.8. The number of nitrogens with zero attached hydrogens (tertiary/aromatic N) is 1. The van der Waals surface area contributed by atoms with Gasteiger partial charge < -0.3 is 14.8 Å². The molecule has 2 rings (SSSR count). The molecule has 0 aliphatic carbocycles. The van der Waals surface area contributed by atoms with Gasteiger partial charge >= 0.3 is 0 Å². The highest BCUT2D eigenvalue weighted by atomic mass is 32.2. The Kier molecular flexibility index (Phi) is 7.43. The van der Waals surface area contributed by atoms with Crippen molar-refractivity contribution in [2.75, 3.05) is 38.1 Å². The third-order valence-electron chi connectivity index (χ3n) is 4.55. The number of ether oxygens (including phenoxy) is 2. The summed E-state index contributed by atoms with van der Waals surface area (Å²) in [5.41, 5.74) is 1.31. The summed E-state index contributed by atoms with van der Waals surface area (Å²) < 4.78 is 35.8. The summed E-state index contributed by atoms with van der Waals surface area (Å²) >= 11 is 1.64. The van der Waals surface area contributed by atoms with Gasteiger partial charge in [0.05, 0.1) is 37.8 Å². The first kappa shape index (κ1) is 22.9. The van der Waals surface area contributed by atoms with E-state index in [4.69, 9.17) is 9.47 Å². The number of carbonyl (C=O) groups excluding carboxylic acids is 1. The SMILES string of the molecule is COc1cc(C(=O)N[C@@H](C)c2ccc(SC)cc2)c(N(C)S(C)(=O)=O)cc1OC. The topological polar surface area (TPSA) is 84.9 Å². The quantitative estimate of drug-likeness (QED) is 0.637. The first-order chi connectivity index (χ1) is 13.6. The first-order valence-corrected chi connectivity index (χ1v) is 11.8. The van der Waals surface area contributed by atoms with E-state index in [0.29, 0.717) is 11.5 Å². The van der Waals surface area contributed by atoms with Gasteiger partial charge in [-0.15, -0.1) is 11.8 Å². The number of carbonyl (C=O) groups is 1. The van der Waals surface area contributed by atoms with Gasteiger partial charge in [0.2, 0.25) is 10.0 Å². The normalized spacial score (nSPS) is 12.2. The third-order valence-corrected chi connectivity index (χ3v) is 6.48. The lowest BCUT2D eigenvalue weighted by Gasteiger charge is -2.23. The molecule has 7 nitrogen and oxygen atoms in total. The van der Waals surface area contributed by atoms with Crippen molar-refractivity contribution in [2.24, 2.45) is 0 Å². The number of thioether (sulfide) groups is 1. The molecule has 1 amide bonds. The Morgan fingerprint density at radius 1 is 1.10 bits per heavy atom. The second kappa shape index (κ2) is 9.41. The number of amides is 1. The highest BCUT2D eigenvalue weighted by Gasteiger charge is 2.24. The van der Waals surface area contributed by atoms with E-state index in [2.05, 4.69) is 5.32 Å². The molecule has 0 saturated carbocycles. The van der Waals surface area contributed by atoms with E-state index in [1.165, 1.54) is 33.4 Å². The number of sulfonamides is 1. The van der Waals surface area contributed by atoms with Crippen LogP contribution in [0.2, 0.25) is 0 Å². The molecule has 0 saturated heterocycles. The molecule has 2 aromatic rings. The van der Waals surface area contributed by atoms with E-state index in [0.717, 1.165) is 21.0 Å². The van der Waals surface area contributed by atoms with Crippen molar-refractivity contribution < 1.29 is 22.7 Å². The van der Waals surface area contributed by atoms with Crippen LogP contribution in [0.25, 0.3) is 0 Å². The standard InChI is InChI=1S/C20H26N2O5S2/c1-13(14-7-9-15(28-5)10-8-14)21-20(23)16-11-18(26-3)19(27-4)12-17(16)22(2)29(6,24)25/h7-13H,1-6H3,(H,21,23)/t13-/m0/s1. The minimum absolute atomic E-state index is 0.170. The summed E-state index contributed by atoms with van der Waals surface area (Å²) in [7, 11) is 0.697. The minimum atomic E-state index is -3.59.